The van der Waals surface area contributed by atoms with Crippen LogP contribution in [-0.4, -0.2) is 35.2 Å². The van der Waals surface area contributed by atoms with Crippen molar-refractivity contribution in [3.05, 3.63) is 65.2 Å². The van der Waals surface area contributed by atoms with E-state index in [1.54, 1.807) is 12.1 Å². The Morgan fingerprint density at radius 1 is 0.757 bits per heavy atom. The molecule has 0 heterocycles. The third-order valence-electron chi connectivity index (χ3n) is 9.25. The Morgan fingerprint density at radius 2 is 1.32 bits per heavy atom. The SMILES string of the molecule is O=C(O)c1ccc(COC2CCC(Oc3ccc(C(=O)NC4C5CC6CC(C5)CC4C6)cc3)CC2)cc1. The van der Waals surface area contributed by atoms with Crippen molar-refractivity contribution >= 4 is 11.9 Å². The lowest BCUT2D eigenvalue weighted by molar-refractivity contribution is -0.0119. The fourth-order valence-corrected chi connectivity index (χ4v) is 7.55. The first-order chi connectivity index (χ1) is 18.0. The summed E-state index contributed by atoms with van der Waals surface area (Å²) in [6, 6.07) is 14.8. The van der Waals surface area contributed by atoms with E-state index in [1.807, 2.05) is 36.4 Å². The van der Waals surface area contributed by atoms with E-state index >= 15 is 0 Å². The second kappa shape index (κ2) is 10.5. The van der Waals surface area contributed by atoms with Gasteiger partial charge < -0.3 is 19.9 Å². The zero-order valence-electron chi connectivity index (χ0n) is 21.3. The van der Waals surface area contributed by atoms with Gasteiger partial charge in [-0.05, 0) is 123 Å². The molecular weight excluding hydrogens is 466 g/mol. The number of carboxylic acids is 1. The van der Waals surface area contributed by atoms with Crippen LogP contribution in [0.15, 0.2) is 48.5 Å². The molecule has 5 fully saturated rings. The van der Waals surface area contributed by atoms with Gasteiger partial charge in [0.05, 0.1) is 24.4 Å². The van der Waals surface area contributed by atoms with Gasteiger partial charge in [0.2, 0.25) is 0 Å². The molecule has 0 unspecified atom stereocenters. The molecule has 6 nitrogen and oxygen atoms in total. The Labute approximate surface area is 218 Å². The molecular formula is C31H37NO5. The number of hydrogen-bond donors (Lipinski definition) is 2. The van der Waals surface area contributed by atoms with Gasteiger partial charge in [0, 0.05) is 11.6 Å². The maximum Gasteiger partial charge on any atom is 0.335 e. The zero-order chi connectivity index (χ0) is 25.4. The summed E-state index contributed by atoms with van der Waals surface area (Å²) in [6.45, 7) is 0.489. The van der Waals surface area contributed by atoms with Crippen LogP contribution >= 0.6 is 0 Å². The molecule has 5 aliphatic rings. The van der Waals surface area contributed by atoms with Gasteiger partial charge in [0.25, 0.3) is 5.91 Å². The van der Waals surface area contributed by atoms with Crippen molar-refractivity contribution in [1.82, 2.24) is 5.32 Å². The monoisotopic (exact) mass is 503 g/mol. The van der Waals surface area contributed by atoms with Gasteiger partial charge in [0.15, 0.2) is 0 Å². The second-order valence-corrected chi connectivity index (χ2v) is 11.8. The molecule has 1 amide bonds. The average molecular weight is 504 g/mol. The van der Waals surface area contributed by atoms with E-state index in [-0.39, 0.29) is 23.7 Å². The number of carbonyl (C=O) groups excluding carboxylic acids is 1. The molecule has 5 saturated carbocycles. The summed E-state index contributed by atoms with van der Waals surface area (Å²) in [5.74, 6) is 3.13. The van der Waals surface area contributed by atoms with Crippen LogP contribution in [0, 0.1) is 23.7 Å². The topological polar surface area (TPSA) is 84.9 Å². The Kier molecular flexibility index (Phi) is 6.94. The maximum atomic E-state index is 13.0. The molecule has 0 radical (unpaired) electrons. The Morgan fingerprint density at radius 3 is 1.92 bits per heavy atom. The Bertz CT molecular complexity index is 1080. The summed E-state index contributed by atoms with van der Waals surface area (Å²) in [5.41, 5.74) is 1.99. The smallest absolute Gasteiger partial charge is 0.335 e. The predicted octanol–water partition coefficient (Wildman–Crippen LogP) is 5.85. The number of ether oxygens (including phenoxy) is 2. The van der Waals surface area contributed by atoms with E-state index in [1.165, 1.54) is 32.1 Å². The standard InChI is InChI=1S/C31H37NO5/c33-30(32-29-24-14-20-13-21(16-24)17-25(29)15-20)22-5-7-27(8-6-22)37-28-11-9-26(10-12-28)36-18-19-1-3-23(4-2-19)31(34)35/h1-8,20-21,24-26,28-29H,9-18H2,(H,32,33)(H,34,35). The molecule has 0 saturated heterocycles. The first-order valence-electron chi connectivity index (χ1n) is 14.0. The maximum absolute atomic E-state index is 13.0. The van der Waals surface area contributed by atoms with Crippen molar-refractivity contribution in [2.75, 3.05) is 0 Å². The first kappa shape index (κ1) is 24.5. The molecule has 0 aromatic heterocycles. The summed E-state index contributed by atoms with van der Waals surface area (Å²) in [7, 11) is 0. The number of hydrogen-bond acceptors (Lipinski definition) is 4. The normalized spacial score (nSPS) is 32.2. The molecule has 7 rings (SSSR count). The van der Waals surface area contributed by atoms with Gasteiger partial charge in [-0.3, -0.25) is 4.79 Å². The van der Waals surface area contributed by atoms with E-state index < -0.39 is 5.97 Å². The zero-order valence-corrected chi connectivity index (χ0v) is 21.3. The second-order valence-electron chi connectivity index (χ2n) is 11.8. The first-order valence-corrected chi connectivity index (χ1v) is 14.0. The largest absolute Gasteiger partial charge is 0.490 e. The third kappa shape index (κ3) is 5.54. The van der Waals surface area contributed by atoms with Crippen LogP contribution in [0.5, 0.6) is 5.75 Å². The van der Waals surface area contributed by atoms with E-state index in [2.05, 4.69) is 5.32 Å². The molecule has 6 heteroatoms. The highest BCUT2D eigenvalue weighted by atomic mass is 16.5. The van der Waals surface area contributed by atoms with Crippen LogP contribution in [0.1, 0.15) is 84.1 Å². The number of aromatic carboxylic acids is 1. The summed E-state index contributed by atoms with van der Waals surface area (Å²) >= 11 is 0. The Hall–Kier alpha value is -2.86. The number of benzene rings is 2. The number of rotatable bonds is 8. The van der Waals surface area contributed by atoms with Crippen molar-refractivity contribution < 1.29 is 24.2 Å². The van der Waals surface area contributed by atoms with Crippen LogP contribution in [0.4, 0.5) is 0 Å². The van der Waals surface area contributed by atoms with Crippen molar-refractivity contribution in [2.24, 2.45) is 23.7 Å². The molecule has 196 valence electrons. The lowest BCUT2D eigenvalue weighted by Gasteiger charge is -2.54. The molecule has 2 aromatic carbocycles. The van der Waals surface area contributed by atoms with Gasteiger partial charge >= 0.3 is 5.97 Å². The molecule has 5 aliphatic carbocycles. The van der Waals surface area contributed by atoms with Crippen LogP contribution in [0.2, 0.25) is 0 Å². The lowest BCUT2D eigenvalue weighted by Crippen LogP contribution is -2.55. The molecule has 0 spiro atoms. The van der Waals surface area contributed by atoms with Crippen LogP contribution < -0.4 is 10.1 Å². The molecule has 0 aliphatic heterocycles. The van der Waals surface area contributed by atoms with E-state index in [4.69, 9.17) is 14.6 Å². The molecule has 4 bridgehead atoms. The third-order valence-corrected chi connectivity index (χ3v) is 9.25. The molecule has 37 heavy (non-hydrogen) atoms. The van der Waals surface area contributed by atoms with Crippen molar-refractivity contribution in [3.63, 3.8) is 0 Å². The quantitative estimate of drug-likeness (QED) is 0.472. The summed E-state index contributed by atoms with van der Waals surface area (Å²) in [4.78, 5) is 24.0. The summed E-state index contributed by atoms with van der Waals surface area (Å²) in [5, 5.41) is 12.4. The van der Waals surface area contributed by atoms with Crippen LogP contribution in [0.25, 0.3) is 0 Å². The number of amides is 1. The van der Waals surface area contributed by atoms with E-state index in [9.17, 15) is 9.59 Å². The van der Waals surface area contributed by atoms with Gasteiger partial charge in [-0.1, -0.05) is 12.1 Å². The average Bonchev–Trinajstić information content (AvgIpc) is 2.90. The number of carbonyl (C=O) groups is 2. The van der Waals surface area contributed by atoms with Gasteiger partial charge in [-0.25, -0.2) is 4.79 Å². The fraction of sp³-hybridized carbons (Fsp3) is 0.548. The van der Waals surface area contributed by atoms with Gasteiger partial charge in [0.1, 0.15) is 5.75 Å². The highest BCUT2D eigenvalue weighted by molar-refractivity contribution is 5.94. The minimum Gasteiger partial charge on any atom is -0.490 e. The number of nitrogens with one attached hydrogen (secondary N) is 1. The van der Waals surface area contributed by atoms with Crippen LogP contribution in [-0.2, 0) is 11.3 Å². The fourth-order valence-electron chi connectivity index (χ4n) is 7.55. The molecule has 2 aromatic rings. The lowest BCUT2D eigenvalue weighted by atomic mass is 9.54. The van der Waals surface area contributed by atoms with E-state index in [0.717, 1.165) is 54.4 Å². The van der Waals surface area contributed by atoms with Gasteiger partial charge in [-0.2, -0.15) is 0 Å². The van der Waals surface area contributed by atoms with Crippen molar-refractivity contribution in [1.29, 1.82) is 0 Å². The minimum absolute atomic E-state index is 0.0549. The summed E-state index contributed by atoms with van der Waals surface area (Å²) < 4.78 is 12.3. The summed E-state index contributed by atoms with van der Waals surface area (Å²) in [6.07, 6.45) is 10.7. The predicted molar refractivity (Wildman–Crippen MR) is 140 cm³/mol. The Balaban J connectivity index is 0.942. The van der Waals surface area contributed by atoms with Crippen molar-refractivity contribution in [2.45, 2.75) is 82.6 Å². The minimum atomic E-state index is -0.915. The molecule has 0 atom stereocenters. The highest BCUT2D eigenvalue weighted by Gasteiger charge is 2.48. The van der Waals surface area contributed by atoms with Crippen LogP contribution in [0.3, 0.4) is 0 Å². The molecule has 2 N–H and O–H groups in total. The number of carboxylic acid groups (broad SMARTS) is 1. The van der Waals surface area contributed by atoms with Crippen molar-refractivity contribution in [3.8, 4) is 5.75 Å². The van der Waals surface area contributed by atoms with Gasteiger partial charge in [-0.15, -0.1) is 0 Å². The highest BCUT2D eigenvalue weighted by Crippen LogP contribution is 2.53. The van der Waals surface area contributed by atoms with E-state index in [0.29, 0.717) is 24.5 Å².